The average Bonchev–Trinajstić information content (AvgIpc) is 3.36. The summed E-state index contributed by atoms with van der Waals surface area (Å²) in [5.41, 5.74) is 1.98. The molecule has 128 valence electrons. The number of hydrogen-bond donors (Lipinski definition) is 2. The third-order valence-corrected chi connectivity index (χ3v) is 4.69. The Kier molecular flexibility index (Phi) is 4.11. The normalized spacial score (nSPS) is 17.8. The molecule has 0 unspecified atom stereocenters. The van der Waals surface area contributed by atoms with E-state index in [1.807, 2.05) is 24.3 Å². The van der Waals surface area contributed by atoms with E-state index in [9.17, 15) is 9.90 Å². The third kappa shape index (κ3) is 3.08. The second-order valence-electron chi connectivity index (χ2n) is 6.26. The van der Waals surface area contributed by atoms with Crippen molar-refractivity contribution >= 4 is 5.97 Å². The lowest BCUT2D eigenvalue weighted by atomic mass is 10.1. The molecule has 3 aromatic rings. The maximum absolute atomic E-state index is 11.4. The number of carboxylic acids is 1. The highest BCUT2D eigenvalue weighted by Gasteiger charge is 2.27. The van der Waals surface area contributed by atoms with Crippen LogP contribution in [0.15, 0.2) is 53.1 Å². The van der Waals surface area contributed by atoms with Crippen LogP contribution in [-0.4, -0.2) is 32.7 Å². The number of furan rings is 1. The molecule has 1 atom stereocenters. The zero-order chi connectivity index (χ0) is 17.2. The molecule has 0 spiro atoms. The van der Waals surface area contributed by atoms with E-state index in [0.29, 0.717) is 23.9 Å². The van der Waals surface area contributed by atoms with Gasteiger partial charge in [-0.3, -0.25) is 10.00 Å². The Balaban J connectivity index is 1.55. The number of likely N-dealkylation sites (tertiary alicyclic amines) is 1. The van der Waals surface area contributed by atoms with Crippen molar-refractivity contribution in [1.82, 2.24) is 15.1 Å². The van der Waals surface area contributed by atoms with Crippen LogP contribution in [0.5, 0.6) is 0 Å². The average molecular weight is 337 g/mol. The summed E-state index contributed by atoms with van der Waals surface area (Å²) in [5.74, 6) is 0.472. The highest BCUT2D eigenvalue weighted by atomic mass is 16.4. The summed E-state index contributed by atoms with van der Waals surface area (Å²) >= 11 is 0. The van der Waals surface area contributed by atoms with Gasteiger partial charge in [0.1, 0.15) is 11.5 Å². The molecule has 0 bridgehead atoms. The highest BCUT2D eigenvalue weighted by molar-refractivity contribution is 5.95. The minimum absolute atomic E-state index is 0.250. The molecular formula is C19H19N3O3. The molecular weight excluding hydrogens is 318 g/mol. The molecule has 0 saturated carbocycles. The lowest BCUT2D eigenvalue weighted by molar-refractivity contribution is 0.0697. The van der Waals surface area contributed by atoms with Crippen molar-refractivity contribution in [2.45, 2.75) is 25.4 Å². The maximum atomic E-state index is 11.4. The van der Waals surface area contributed by atoms with Crippen molar-refractivity contribution in [2.75, 3.05) is 6.54 Å². The van der Waals surface area contributed by atoms with Crippen LogP contribution in [0.1, 0.15) is 40.7 Å². The predicted octanol–water partition coefficient (Wildman–Crippen LogP) is 3.71. The van der Waals surface area contributed by atoms with Crippen LogP contribution in [0.3, 0.4) is 0 Å². The Morgan fingerprint density at radius 2 is 2.16 bits per heavy atom. The maximum Gasteiger partial charge on any atom is 0.336 e. The molecule has 1 fully saturated rings. The van der Waals surface area contributed by atoms with Crippen LogP contribution >= 0.6 is 0 Å². The molecule has 1 saturated heterocycles. The summed E-state index contributed by atoms with van der Waals surface area (Å²) in [6.45, 7) is 1.70. The Labute approximate surface area is 145 Å². The Morgan fingerprint density at radius 1 is 1.28 bits per heavy atom. The van der Waals surface area contributed by atoms with E-state index in [1.54, 1.807) is 24.4 Å². The monoisotopic (exact) mass is 337 g/mol. The molecule has 0 radical (unpaired) electrons. The topological polar surface area (TPSA) is 82.4 Å². The number of aromatic nitrogens is 2. The lowest BCUT2D eigenvalue weighted by Crippen LogP contribution is -2.22. The first-order chi connectivity index (χ1) is 12.2. The fourth-order valence-corrected chi connectivity index (χ4v) is 3.51. The number of H-pyrrole nitrogens is 1. The summed E-state index contributed by atoms with van der Waals surface area (Å²) in [6, 6.07) is 13.0. The summed E-state index contributed by atoms with van der Waals surface area (Å²) in [7, 11) is 0. The molecule has 1 aromatic carbocycles. The van der Waals surface area contributed by atoms with E-state index in [2.05, 4.69) is 15.1 Å². The van der Waals surface area contributed by atoms with E-state index in [-0.39, 0.29) is 5.56 Å². The lowest BCUT2D eigenvalue weighted by Gasteiger charge is -2.22. The highest BCUT2D eigenvalue weighted by Crippen LogP contribution is 2.33. The van der Waals surface area contributed by atoms with Crippen molar-refractivity contribution in [3.63, 3.8) is 0 Å². The summed E-state index contributed by atoms with van der Waals surface area (Å²) in [6.07, 6.45) is 4.01. The number of nitrogens with zero attached hydrogens (tertiary/aromatic N) is 2. The number of rotatable bonds is 5. The smallest absolute Gasteiger partial charge is 0.336 e. The summed E-state index contributed by atoms with van der Waals surface area (Å²) in [4.78, 5) is 13.8. The first-order valence-electron chi connectivity index (χ1n) is 8.37. The minimum atomic E-state index is -0.951. The van der Waals surface area contributed by atoms with Gasteiger partial charge in [0, 0.05) is 11.8 Å². The fraction of sp³-hybridized carbons (Fsp3) is 0.263. The summed E-state index contributed by atoms with van der Waals surface area (Å²) in [5, 5.41) is 16.5. The number of aromatic carboxylic acids is 1. The van der Waals surface area contributed by atoms with Crippen LogP contribution in [0, 0.1) is 0 Å². The number of nitrogens with one attached hydrogen (secondary N) is 1. The van der Waals surface area contributed by atoms with Crippen LogP contribution in [-0.2, 0) is 6.54 Å². The zero-order valence-corrected chi connectivity index (χ0v) is 13.7. The van der Waals surface area contributed by atoms with Gasteiger partial charge in [-0.2, -0.15) is 5.10 Å². The second kappa shape index (κ2) is 6.57. The summed E-state index contributed by atoms with van der Waals surface area (Å²) < 4.78 is 5.96. The van der Waals surface area contributed by atoms with Gasteiger partial charge in [0.05, 0.1) is 23.8 Å². The SMILES string of the molecule is O=C(O)c1ccccc1-c1ccc(CN2CCC[C@@H]2c2ccn[nH]2)o1. The Bertz CT molecular complexity index is 870. The van der Waals surface area contributed by atoms with E-state index < -0.39 is 5.97 Å². The molecule has 1 aliphatic rings. The van der Waals surface area contributed by atoms with Gasteiger partial charge < -0.3 is 9.52 Å². The number of carboxylic acid groups (broad SMARTS) is 1. The number of carbonyl (C=O) groups is 1. The molecule has 4 rings (SSSR count). The van der Waals surface area contributed by atoms with Gasteiger partial charge in [-0.25, -0.2) is 4.79 Å². The van der Waals surface area contributed by atoms with E-state index in [4.69, 9.17) is 4.42 Å². The van der Waals surface area contributed by atoms with Crippen molar-refractivity contribution in [3.8, 4) is 11.3 Å². The van der Waals surface area contributed by atoms with Crippen LogP contribution in [0.25, 0.3) is 11.3 Å². The van der Waals surface area contributed by atoms with Crippen molar-refractivity contribution < 1.29 is 14.3 Å². The number of aromatic amines is 1. The molecule has 6 heteroatoms. The van der Waals surface area contributed by atoms with Crippen molar-refractivity contribution in [1.29, 1.82) is 0 Å². The van der Waals surface area contributed by atoms with E-state index in [0.717, 1.165) is 30.8 Å². The predicted molar refractivity (Wildman–Crippen MR) is 92.1 cm³/mol. The molecule has 0 amide bonds. The molecule has 1 aliphatic heterocycles. The molecule has 3 heterocycles. The van der Waals surface area contributed by atoms with Gasteiger partial charge in [0.15, 0.2) is 0 Å². The van der Waals surface area contributed by atoms with Gasteiger partial charge in [-0.15, -0.1) is 0 Å². The third-order valence-electron chi connectivity index (χ3n) is 4.69. The quantitative estimate of drug-likeness (QED) is 0.742. The molecule has 2 N–H and O–H groups in total. The minimum Gasteiger partial charge on any atom is -0.478 e. The standard InChI is InChI=1S/C19H19N3O3/c23-19(24)15-5-2-1-4-14(15)18-8-7-13(25-18)12-22-11-3-6-17(22)16-9-10-20-21-16/h1-2,4-5,7-10,17H,3,6,11-12H2,(H,20,21)(H,23,24)/t17-/m1/s1. The van der Waals surface area contributed by atoms with Gasteiger partial charge in [0.25, 0.3) is 0 Å². The molecule has 0 aliphatic carbocycles. The van der Waals surface area contributed by atoms with Crippen LogP contribution < -0.4 is 0 Å². The number of benzene rings is 1. The van der Waals surface area contributed by atoms with Crippen LogP contribution in [0.4, 0.5) is 0 Å². The number of hydrogen-bond acceptors (Lipinski definition) is 4. The first kappa shape index (κ1) is 15.7. The Hall–Kier alpha value is -2.86. The Morgan fingerprint density at radius 3 is 2.96 bits per heavy atom. The van der Waals surface area contributed by atoms with Crippen molar-refractivity contribution in [2.24, 2.45) is 0 Å². The molecule has 25 heavy (non-hydrogen) atoms. The first-order valence-corrected chi connectivity index (χ1v) is 8.37. The van der Waals surface area contributed by atoms with Gasteiger partial charge in [0.2, 0.25) is 0 Å². The van der Waals surface area contributed by atoms with Gasteiger partial charge >= 0.3 is 5.97 Å². The van der Waals surface area contributed by atoms with E-state index >= 15 is 0 Å². The van der Waals surface area contributed by atoms with Crippen molar-refractivity contribution in [3.05, 3.63) is 65.7 Å². The van der Waals surface area contributed by atoms with Gasteiger partial charge in [-0.1, -0.05) is 18.2 Å². The fourth-order valence-electron chi connectivity index (χ4n) is 3.51. The second-order valence-corrected chi connectivity index (χ2v) is 6.26. The largest absolute Gasteiger partial charge is 0.478 e. The molecule has 6 nitrogen and oxygen atoms in total. The molecule has 2 aromatic heterocycles. The van der Waals surface area contributed by atoms with E-state index in [1.165, 1.54) is 0 Å². The van der Waals surface area contributed by atoms with Gasteiger partial charge in [-0.05, 0) is 43.7 Å². The van der Waals surface area contributed by atoms with Crippen LogP contribution in [0.2, 0.25) is 0 Å². The zero-order valence-electron chi connectivity index (χ0n) is 13.7.